The van der Waals surface area contributed by atoms with Crippen LogP contribution in [-0.4, -0.2) is 20.9 Å². The number of amides is 1. The number of nitrogens with one attached hydrogen (secondary N) is 1. The van der Waals surface area contributed by atoms with Gasteiger partial charge < -0.3 is 5.32 Å². The smallest absolute Gasteiger partial charge is 0.276 e. The number of nitrogens with zero attached hydrogens (tertiary/aromatic N) is 3. The molecule has 4 rings (SSSR count). The van der Waals surface area contributed by atoms with Gasteiger partial charge in [0.05, 0.1) is 4.90 Å². The molecule has 0 fully saturated rings. The highest BCUT2D eigenvalue weighted by Gasteiger charge is 2.17. The van der Waals surface area contributed by atoms with Crippen LogP contribution >= 0.6 is 35.1 Å². The molecule has 2 aromatic heterocycles. The molecule has 0 saturated carbocycles. The average molecular weight is 479 g/mol. The van der Waals surface area contributed by atoms with E-state index in [1.165, 1.54) is 29.1 Å². The molecular weight excluding hydrogens is 460 g/mol. The van der Waals surface area contributed by atoms with Crippen molar-refractivity contribution >= 4 is 46.8 Å². The molecule has 0 radical (unpaired) electrons. The highest BCUT2D eigenvalue weighted by Crippen LogP contribution is 2.31. The normalized spacial score (nSPS) is 10.7. The van der Waals surface area contributed by atoms with E-state index in [9.17, 15) is 4.79 Å². The van der Waals surface area contributed by atoms with E-state index in [-0.39, 0.29) is 5.91 Å². The fraction of sp³-hybridized carbons (Fsp3) is 0.0833. The molecule has 160 valence electrons. The zero-order chi connectivity index (χ0) is 22.3. The minimum absolute atomic E-state index is 0.315. The van der Waals surface area contributed by atoms with Crippen molar-refractivity contribution < 1.29 is 4.79 Å². The van der Waals surface area contributed by atoms with Gasteiger partial charge in [-0.15, -0.1) is 0 Å². The second-order valence-electron chi connectivity index (χ2n) is 6.86. The standard InChI is InChI=1S/C24H19ClN4OS2/c1-16-5-11-19(12-6-16)32-20-14-27-24(31-15-17-7-9-18(25)10-8-17)29-22(20)23(30)28-21-4-2-3-13-26-21/h2-14H,15H2,1H3,(H,26,28,30). The van der Waals surface area contributed by atoms with E-state index in [2.05, 4.69) is 20.3 Å². The highest BCUT2D eigenvalue weighted by atomic mass is 35.5. The molecule has 0 unspecified atom stereocenters. The van der Waals surface area contributed by atoms with Crippen molar-refractivity contribution in [3.05, 3.63) is 101 Å². The van der Waals surface area contributed by atoms with Crippen LogP contribution in [-0.2, 0) is 5.75 Å². The number of rotatable bonds is 7. The van der Waals surface area contributed by atoms with Gasteiger partial charge in [0.1, 0.15) is 11.5 Å². The Morgan fingerprint density at radius 2 is 1.78 bits per heavy atom. The average Bonchev–Trinajstić information content (AvgIpc) is 2.81. The summed E-state index contributed by atoms with van der Waals surface area (Å²) < 4.78 is 0. The number of benzene rings is 2. The molecule has 32 heavy (non-hydrogen) atoms. The van der Waals surface area contributed by atoms with E-state index < -0.39 is 0 Å². The molecule has 2 heterocycles. The first kappa shape index (κ1) is 22.3. The van der Waals surface area contributed by atoms with Gasteiger partial charge in [-0.25, -0.2) is 15.0 Å². The molecule has 0 atom stereocenters. The van der Waals surface area contributed by atoms with Gasteiger partial charge in [-0.1, -0.05) is 71.0 Å². The second-order valence-corrected chi connectivity index (χ2v) is 9.36. The van der Waals surface area contributed by atoms with E-state index in [0.717, 1.165) is 10.5 Å². The summed E-state index contributed by atoms with van der Waals surface area (Å²) in [6.45, 7) is 2.04. The van der Waals surface area contributed by atoms with Crippen molar-refractivity contribution in [1.82, 2.24) is 15.0 Å². The van der Waals surface area contributed by atoms with E-state index in [1.807, 2.05) is 61.5 Å². The van der Waals surface area contributed by atoms with Crippen LogP contribution < -0.4 is 5.32 Å². The summed E-state index contributed by atoms with van der Waals surface area (Å²) in [7, 11) is 0. The van der Waals surface area contributed by atoms with Gasteiger partial charge >= 0.3 is 0 Å². The SMILES string of the molecule is Cc1ccc(Sc2cnc(SCc3ccc(Cl)cc3)nc2C(=O)Nc2ccccn2)cc1. The molecule has 0 aliphatic carbocycles. The third-order valence-corrected chi connectivity index (χ3v) is 6.60. The van der Waals surface area contributed by atoms with Crippen LogP contribution in [0, 0.1) is 6.92 Å². The largest absolute Gasteiger partial charge is 0.305 e. The van der Waals surface area contributed by atoms with Gasteiger partial charge in [-0.3, -0.25) is 4.79 Å². The molecule has 1 N–H and O–H groups in total. The Morgan fingerprint density at radius 3 is 2.50 bits per heavy atom. The van der Waals surface area contributed by atoms with Gasteiger partial charge in [0.25, 0.3) is 5.91 Å². The second kappa shape index (κ2) is 10.6. The Balaban J connectivity index is 1.58. The van der Waals surface area contributed by atoms with Crippen LogP contribution in [0.3, 0.4) is 0 Å². The molecule has 0 saturated heterocycles. The molecule has 8 heteroatoms. The minimum atomic E-state index is -0.325. The monoisotopic (exact) mass is 478 g/mol. The molecule has 4 aromatic rings. The first-order chi connectivity index (χ1) is 15.6. The van der Waals surface area contributed by atoms with Crippen LogP contribution in [0.25, 0.3) is 0 Å². The number of thioether (sulfide) groups is 1. The van der Waals surface area contributed by atoms with Gasteiger partial charge in [-0.2, -0.15) is 0 Å². The Morgan fingerprint density at radius 1 is 1.00 bits per heavy atom. The van der Waals surface area contributed by atoms with Crippen molar-refractivity contribution in [2.75, 3.05) is 5.32 Å². The van der Waals surface area contributed by atoms with E-state index in [1.54, 1.807) is 24.5 Å². The third kappa shape index (κ3) is 6.09. The third-order valence-electron chi connectivity index (χ3n) is 4.38. The van der Waals surface area contributed by atoms with Crippen LogP contribution in [0.15, 0.2) is 94.1 Å². The Hall–Kier alpha value is -2.87. The first-order valence-electron chi connectivity index (χ1n) is 9.78. The molecule has 5 nitrogen and oxygen atoms in total. The van der Waals surface area contributed by atoms with E-state index >= 15 is 0 Å². The van der Waals surface area contributed by atoms with E-state index in [0.29, 0.717) is 32.3 Å². The summed E-state index contributed by atoms with van der Waals surface area (Å²) in [5, 5.41) is 4.05. The highest BCUT2D eigenvalue weighted by molar-refractivity contribution is 7.99. The quantitative estimate of drug-likeness (QED) is 0.240. The van der Waals surface area contributed by atoms with Crippen molar-refractivity contribution in [3.8, 4) is 0 Å². The summed E-state index contributed by atoms with van der Waals surface area (Å²) in [5.41, 5.74) is 2.59. The number of aryl methyl sites for hydroxylation is 1. The zero-order valence-corrected chi connectivity index (χ0v) is 19.5. The summed E-state index contributed by atoms with van der Waals surface area (Å²) >= 11 is 8.88. The van der Waals surface area contributed by atoms with Crippen LogP contribution in [0.1, 0.15) is 21.6 Å². The molecule has 0 bridgehead atoms. The maximum atomic E-state index is 13.1. The number of halogens is 1. The van der Waals surface area contributed by atoms with Gasteiger partial charge in [0.15, 0.2) is 5.16 Å². The molecule has 1 amide bonds. The fourth-order valence-electron chi connectivity index (χ4n) is 2.74. The Labute approximate surface area is 200 Å². The maximum absolute atomic E-state index is 13.1. The van der Waals surface area contributed by atoms with Crippen LogP contribution in [0.4, 0.5) is 5.82 Å². The van der Waals surface area contributed by atoms with Crippen molar-refractivity contribution in [2.45, 2.75) is 27.6 Å². The summed E-state index contributed by atoms with van der Waals surface area (Å²) in [6.07, 6.45) is 3.33. The summed E-state index contributed by atoms with van der Waals surface area (Å²) in [6, 6.07) is 21.1. The van der Waals surface area contributed by atoms with Crippen LogP contribution in [0.5, 0.6) is 0 Å². The van der Waals surface area contributed by atoms with Crippen molar-refractivity contribution in [3.63, 3.8) is 0 Å². The molecular formula is C24H19ClN4OS2. The van der Waals surface area contributed by atoms with Gasteiger partial charge in [-0.05, 0) is 48.9 Å². The van der Waals surface area contributed by atoms with Gasteiger partial charge in [0, 0.05) is 28.1 Å². The lowest BCUT2D eigenvalue weighted by atomic mass is 10.2. The maximum Gasteiger partial charge on any atom is 0.276 e. The summed E-state index contributed by atoms with van der Waals surface area (Å²) in [4.78, 5) is 28.0. The predicted molar refractivity (Wildman–Crippen MR) is 131 cm³/mol. The lowest BCUT2D eigenvalue weighted by Crippen LogP contribution is -2.16. The number of aromatic nitrogens is 3. The van der Waals surface area contributed by atoms with Crippen molar-refractivity contribution in [1.29, 1.82) is 0 Å². The number of pyridine rings is 1. The molecule has 0 spiro atoms. The lowest BCUT2D eigenvalue weighted by molar-refractivity contribution is 0.101. The number of hydrogen-bond acceptors (Lipinski definition) is 6. The van der Waals surface area contributed by atoms with Gasteiger partial charge in [0.2, 0.25) is 0 Å². The number of hydrogen-bond donors (Lipinski definition) is 1. The lowest BCUT2D eigenvalue weighted by Gasteiger charge is -2.10. The molecule has 0 aliphatic heterocycles. The number of anilines is 1. The van der Waals surface area contributed by atoms with E-state index in [4.69, 9.17) is 11.6 Å². The molecule has 0 aliphatic rings. The topological polar surface area (TPSA) is 67.8 Å². The molecule has 2 aromatic carbocycles. The Bertz CT molecular complexity index is 1200. The van der Waals surface area contributed by atoms with Crippen LogP contribution in [0.2, 0.25) is 5.02 Å². The zero-order valence-electron chi connectivity index (χ0n) is 17.2. The fourth-order valence-corrected chi connectivity index (χ4v) is 4.50. The predicted octanol–water partition coefficient (Wildman–Crippen LogP) is 6.53. The minimum Gasteiger partial charge on any atom is -0.305 e. The number of carbonyl (C=O) groups is 1. The van der Waals surface area contributed by atoms with Crippen molar-refractivity contribution in [2.24, 2.45) is 0 Å². The summed E-state index contributed by atoms with van der Waals surface area (Å²) in [5.74, 6) is 0.815. The first-order valence-corrected chi connectivity index (χ1v) is 12.0. The Kier molecular flexibility index (Phi) is 7.42. The number of carbonyl (C=O) groups excluding carboxylic acids is 1.